The lowest BCUT2D eigenvalue weighted by atomic mass is 9.99. The van der Waals surface area contributed by atoms with Gasteiger partial charge in [-0.05, 0) is 85.8 Å². The monoisotopic (exact) mass is 683 g/mol. The summed E-state index contributed by atoms with van der Waals surface area (Å²) in [7, 11) is 0. The van der Waals surface area contributed by atoms with Crippen LogP contribution in [0.3, 0.4) is 0 Å². The predicted molar refractivity (Wildman–Crippen MR) is 181 cm³/mol. The van der Waals surface area contributed by atoms with E-state index in [1.807, 2.05) is 13.8 Å². The van der Waals surface area contributed by atoms with Crippen molar-refractivity contribution in [2.24, 2.45) is 0 Å². The molecule has 3 aromatic carbocycles. The van der Waals surface area contributed by atoms with E-state index < -0.39 is 41.5 Å². The van der Waals surface area contributed by atoms with Gasteiger partial charge in [-0.1, -0.05) is 74.1 Å². The van der Waals surface area contributed by atoms with Crippen molar-refractivity contribution in [1.29, 1.82) is 0 Å². The molecule has 254 valence electrons. The standard InChI is InChI=1S/C37H40F4N4O2S/c1-4-43(5-2)21-22-44(25(3)27-11-13-28(14-12-27)29-15-17-30(18-16-29)37(39,40)41)34(46)23-45-33-8-6-7-32(33)35(47)42-36(45)48-24-26-9-19-31(38)20-10-26/h9-20,25H,4-8,21-24H2,1-3H3/i23D2,25D. The molecule has 5 rings (SSSR count). The zero-order valence-corrected chi connectivity index (χ0v) is 27.9. The van der Waals surface area contributed by atoms with E-state index in [4.69, 9.17) is 0 Å². The average Bonchev–Trinajstić information content (AvgIpc) is 3.60. The summed E-state index contributed by atoms with van der Waals surface area (Å²) in [5, 5.41) is 0.0135. The largest absolute Gasteiger partial charge is 0.416 e. The summed E-state index contributed by atoms with van der Waals surface area (Å²) >= 11 is 1.07. The van der Waals surface area contributed by atoms with E-state index in [2.05, 4.69) is 9.88 Å². The molecule has 1 aromatic heterocycles. The number of likely N-dealkylation sites (N-methyl/N-ethyl adjacent to an activating group) is 1. The number of fused-ring (bicyclic) bond motifs is 1. The van der Waals surface area contributed by atoms with Crippen LogP contribution in [0.1, 0.15) is 65.3 Å². The number of nitrogens with zero attached hydrogens (tertiary/aromatic N) is 4. The minimum atomic E-state index is -4.46. The summed E-state index contributed by atoms with van der Waals surface area (Å²) in [5.74, 6) is -1.15. The van der Waals surface area contributed by atoms with Gasteiger partial charge < -0.3 is 14.4 Å². The van der Waals surface area contributed by atoms with Crippen LogP contribution in [-0.2, 0) is 36.1 Å². The molecular formula is C37H40F4N4O2S. The lowest BCUT2D eigenvalue weighted by Gasteiger charge is -2.33. The SMILES string of the molecule is [2H]C(C)(c1ccc(-c2ccc(C(F)(F)F)cc2)cc1)N(CCN(CC)CC)C(=O)C([2H])([2H])n1c(SCc2ccc(F)cc2)nc(=O)c2c1CCC2. The van der Waals surface area contributed by atoms with Gasteiger partial charge in [-0.2, -0.15) is 18.2 Å². The lowest BCUT2D eigenvalue weighted by Crippen LogP contribution is -2.42. The van der Waals surface area contributed by atoms with Crippen LogP contribution in [0.5, 0.6) is 0 Å². The highest BCUT2D eigenvalue weighted by Gasteiger charge is 2.30. The highest BCUT2D eigenvalue weighted by Crippen LogP contribution is 2.32. The Balaban J connectivity index is 1.52. The normalized spacial score (nSPS) is 15.4. The second-order valence-electron chi connectivity index (χ2n) is 11.6. The fourth-order valence-electron chi connectivity index (χ4n) is 5.74. The molecular weight excluding hydrogens is 640 g/mol. The number of benzene rings is 3. The van der Waals surface area contributed by atoms with Crippen molar-refractivity contribution in [2.75, 3.05) is 26.2 Å². The molecule has 0 spiro atoms. The maximum Gasteiger partial charge on any atom is 0.416 e. The van der Waals surface area contributed by atoms with Gasteiger partial charge in [0.1, 0.15) is 12.3 Å². The number of hydrogen-bond acceptors (Lipinski definition) is 5. The maximum atomic E-state index is 14.7. The molecule has 0 N–H and O–H groups in total. The molecule has 0 aliphatic heterocycles. The van der Waals surface area contributed by atoms with Crippen molar-refractivity contribution in [1.82, 2.24) is 19.4 Å². The molecule has 1 amide bonds. The molecule has 1 unspecified atom stereocenters. The second kappa shape index (κ2) is 15.5. The van der Waals surface area contributed by atoms with Gasteiger partial charge in [-0.25, -0.2) is 4.39 Å². The van der Waals surface area contributed by atoms with E-state index in [-0.39, 0.29) is 17.5 Å². The Bertz CT molecular complexity index is 1900. The van der Waals surface area contributed by atoms with Gasteiger partial charge >= 0.3 is 6.18 Å². The molecule has 1 aliphatic rings. The number of aromatic nitrogens is 2. The number of thioether (sulfide) groups is 1. The number of rotatable bonds is 13. The van der Waals surface area contributed by atoms with Crippen molar-refractivity contribution in [3.8, 4) is 11.1 Å². The second-order valence-corrected chi connectivity index (χ2v) is 12.5. The fourth-order valence-corrected chi connectivity index (χ4v) is 6.66. The number of alkyl halides is 3. The minimum absolute atomic E-state index is 0.00849. The predicted octanol–water partition coefficient (Wildman–Crippen LogP) is 7.78. The molecule has 1 aliphatic carbocycles. The third-order valence-electron chi connectivity index (χ3n) is 8.63. The summed E-state index contributed by atoms with van der Waals surface area (Å²) in [6.07, 6.45) is -3.10. The van der Waals surface area contributed by atoms with Crippen molar-refractivity contribution in [2.45, 2.75) is 69.6 Å². The topological polar surface area (TPSA) is 58.4 Å². The van der Waals surface area contributed by atoms with Crippen LogP contribution in [0, 0.1) is 5.82 Å². The molecule has 1 heterocycles. The number of carbonyl (C=O) groups excluding carboxylic acids is 1. The van der Waals surface area contributed by atoms with Gasteiger partial charge in [0.15, 0.2) is 5.16 Å². The van der Waals surface area contributed by atoms with Gasteiger partial charge in [0.25, 0.3) is 5.56 Å². The van der Waals surface area contributed by atoms with Crippen LogP contribution < -0.4 is 5.56 Å². The van der Waals surface area contributed by atoms with Gasteiger partial charge in [0.05, 0.1) is 15.7 Å². The van der Waals surface area contributed by atoms with Gasteiger partial charge in [0.2, 0.25) is 5.91 Å². The third-order valence-corrected chi connectivity index (χ3v) is 9.64. The van der Waals surface area contributed by atoms with Crippen LogP contribution >= 0.6 is 11.8 Å². The molecule has 1 atom stereocenters. The number of hydrogen-bond donors (Lipinski definition) is 0. The van der Waals surface area contributed by atoms with Crippen LogP contribution in [0.25, 0.3) is 11.1 Å². The quantitative estimate of drug-likeness (QED) is 0.0819. The van der Waals surface area contributed by atoms with Crippen molar-refractivity contribution in [3.63, 3.8) is 0 Å². The van der Waals surface area contributed by atoms with E-state index in [9.17, 15) is 31.3 Å². The molecule has 0 radical (unpaired) electrons. The van der Waals surface area contributed by atoms with E-state index in [0.717, 1.165) is 23.9 Å². The van der Waals surface area contributed by atoms with E-state index in [1.165, 1.54) is 40.7 Å². The summed E-state index contributed by atoms with van der Waals surface area (Å²) < 4.78 is 82.4. The Labute approximate surface area is 287 Å². The van der Waals surface area contributed by atoms with E-state index in [0.29, 0.717) is 72.4 Å². The first-order valence-corrected chi connectivity index (χ1v) is 16.9. The van der Waals surface area contributed by atoms with Crippen LogP contribution in [0.2, 0.25) is 0 Å². The molecule has 4 aromatic rings. The van der Waals surface area contributed by atoms with E-state index in [1.54, 1.807) is 36.4 Å². The smallest absolute Gasteiger partial charge is 0.333 e. The first kappa shape index (κ1) is 31.3. The average molecular weight is 684 g/mol. The van der Waals surface area contributed by atoms with Gasteiger partial charge in [-0.15, -0.1) is 0 Å². The van der Waals surface area contributed by atoms with Crippen molar-refractivity contribution >= 4 is 17.7 Å². The van der Waals surface area contributed by atoms with Crippen LogP contribution in [0.4, 0.5) is 17.6 Å². The summed E-state index contributed by atoms with van der Waals surface area (Å²) in [5.41, 5.74) is 1.75. The highest BCUT2D eigenvalue weighted by molar-refractivity contribution is 7.98. The number of halogens is 4. The number of carbonyl (C=O) groups is 1. The third kappa shape index (κ3) is 8.36. The molecule has 0 fully saturated rings. The van der Waals surface area contributed by atoms with Gasteiger partial charge in [-0.3, -0.25) is 9.59 Å². The summed E-state index contributed by atoms with van der Waals surface area (Å²) in [6, 6.07) is 15.3. The molecule has 0 saturated carbocycles. The Kier molecular flexibility index (Phi) is 10.1. The Morgan fingerprint density at radius 2 is 1.60 bits per heavy atom. The first-order valence-electron chi connectivity index (χ1n) is 17.4. The fraction of sp³-hybridized carbons (Fsp3) is 0.378. The van der Waals surface area contributed by atoms with Crippen molar-refractivity contribution in [3.05, 3.63) is 117 Å². The first-order chi connectivity index (χ1) is 24.1. The molecule has 48 heavy (non-hydrogen) atoms. The summed E-state index contributed by atoms with van der Waals surface area (Å²) in [6.45, 7) is 4.39. The maximum absolute atomic E-state index is 14.7. The zero-order chi connectivity index (χ0) is 37.1. The highest BCUT2D eigenvalue weighted by atomic mass is 32.2. The minimum Gasteiger partial charge on any atom is -0.333 e. The van der Waals surface area contributed by atoms with E-state index >= 15 is 0 Å². The zero-order valence-electron chi connectivity index (χ0n) is 30.1. The lowest BCUT2D eigenvalue weighted by molar-refractivity contribution is -0.137. The Hall–Kier alpha value is -3.96. The van der Waals surface area contributed by atoms with Crippen LogP contribution in [-0.4, -0.2) is 51.4 Å². The molecule has 0 saturated heterocycles. The van der Waals surface area contributed by atoms with Gasteiger partial charge in [0, 0.05) is 30.1 Å². The van der Waals surface area contributed by atoms with Crippen LogP contribution in [0.15, 0.2) is 82.7 Å². The molecule has 11 heteroatoms. The summed E-state index contributed by atoms with van der Waals surface area (Å²) in [4.78, 5) is 35.2. The van der Waals surface area contributed by atoms with Crippen molar-refractivity contribution < 1.29 is 26.5 Å². The molecule has 6 nitrogen and oxygen atoms in total. The Morgan fingerprint density at radius 3 is 2.21 bits per heavy atom. The molecule has 0 bridgehead atoms. The Morgan fingerprint density at radius 1 is 0.979 bits per heavy atom. The number of amides is 1.